The molecule has 0 aliphatic carbocycles. The van der Waals surface area contributed by atoms with E-state index in [0.29, 0.717) is 39.0 Å². The molecule has 162 valence electrons. The molecule has 0 saturated heterocycles. The summed E-state index contributed by atoms with van der Waals surface area (Å²) in [6.07, 6.45) is -0.0860. The van der Waals surface area contributed by atoms with Crippen molar-refractivity contribution in [2.45, 2.75) is 13.0 Å². The lowest BCUT2D eigenvalue weighted by atomic mass is 9.99. The number of fused-ring (bicyclic) bond motifs is 1. The minimum atomic E-state index is -0.912. The van der Waals surface area contributed by atoms with Crippen LogP contribution in [0.5, 0.6) is 5.88 Å². The van der Waals surface area contributed by atoms with Crippen LogP contribution in [0.2, 0.25) is 0 Å². The third-order valence-corrected chi connectivity index (χ3v) is 5.12. The van der Waals surface area contributed by atoms with Crippen LogP contribution in [0.4, 0.5) is 10.1 Å². The number of aromatic hydroxyl groups is 1. The van der Waals surface area contributed by atoms with Crippen LogP contribution in [0.3, 0.4) is 0 Å². The van der Waals surface area contributed by atoms with Crippen molar-refractivity contribution in [2.75, 3.05) is 7.05 Å². The van der Waals surface area contributed by atoms with Crippen molar-refractivity contribution < 1.29 is 19.4 Å². The minimum absolute atomic E-state index is 0.0860. The van der Waals surface area contributed by atoms with Gasteiger partial charge in [-0.15, -0.1) is 0 Å². The lowest BCUT2D eigenvalue weighted by molar-refractivity contribution is -0.136. The Kier molecular flexibility index (Phi) is 6.00. The van der Waals surface area contributed by atoms with Gasteiger partial charge in [-0.25, -0.2) is 9.38 Å². The van der Waals surface area contributed by atoms with Gasteiger partial charge < -0.3 is 20.5 Å². The predicted octanol–water partition coefficient (Wildman–Crippen LogP) is 4.53. The fourth-order valence-electron chi connectivity index (χ4n) is 3.64. The number of aromatic amines is 1. The normalized spacial score (nSPS) is 11.8. The van der Waals surface area contributed by atoms with Crippen molar-refractivity contribution >= 4 is 28.3 Å². The number of nitrogens with one attached hydrogen (secondary N) is 2. The molecule has 0 saturated carbocycles. The van der Waals surface area contributed by atoms with E-state index >= 15 is 0 Å². The van der Waals surface area contributed by atoms with E-state index in [9.17, 15) is 14.3 Å². The summed E-state index contributed by atoms with van der Waals surface area (Å²) in [5.74, 6) is -1.45. The monoisotopic (exact) mass is 431 g/mol. The SMILES string of the molecule is CNCc1ccc(N=C(c2ccc(CC(=O)O)cc2)c2c(O)[nH]c3cc(F)ccc23)cc1. The van der Waals surface area contributed by atoms with Crippen molar-refractivity contribution in [3.05, 3.63) is 94.8 Å². The summed E-state index contributed by atoms with van der Waals surface area (Å²) in [5.41, 5.74) is 4.54. The highest BCUT2D eigenvalue weighted by molar-refractivity contribution is 6.21. The zero-order chi connectivity index (χ0) is 22.7. The van der Waals surface area contributed by atoms with Gasteiger partial charge in [0.1, 0.15) is 5.82 Å². The number of hydrogen-bond donors (Lipinski definition) is 4. The Morgan fingerprint density at radius 2 is 1.72 bits per heavy atom. The van der Waals surface area contributed by atoms with Crippen molar-refractivity contribution in [3.63, 3.8) is 0 Å². The van der Waals surface area contributed by atoms with Crippen molar-refractivity contribution in [2.24, 2.45) is 4.99 Å². The number of hydrogen-bond acceptors (Lipinski definition) is 4. The van der Waals surface area contributed by atoms with Crippen LogP contribution in [-0.2, 0) is 17.8 Å². The third kappa shape index (κ3) is 4.53. The second-order valence-electron chi connectivity index (χ2n) is 7.46. The Labute approximate surface area is 184 Å². The summed E-state index contributed by atoms with van der Waals surface area (Å²) in [6, 6.07) is 18.9. The molecule has 0 amide bonds. The van der Waals surface area contributed by atoms with E-state index in [2.05, 4.69) is 10.3 Å². The molecule has 1 aromatic heterocycles. The molecular formula is C25H22FN3O3. The summed E-state index contributed by atoms with van der Waals surface area (Å²) in [7, 11) is 1.88. The van der Waals surface area contributed by atoms with Crippen LogP contribution >= 0.6 is 0 Å². The molecule has 6 nitrogen and oxygen atoms in total. The van der Waals surface area contributed by atoms with Gasteiger partial charge in [-0.2, -0.15) is 0 Å². The molecule has 4 N–H and O–H groups in total. The zero-order valence-electron chi connectivity index (χ0n) is 17.4. The van der Waals surface area contributed by atoms with Gasteiger partial charge in [0.15, 0.2) is 5.88 Å². The standard InChI is InChI=1S/C25H22FN3O3/c1-27-14-16-4-9-19(10-5-16)28-24(17-6-2-15(3-7-17)12-22(30)31)23-20-11-8-18(26)13-21(20)29-25(23)32/h2-11,13,27,29,32H,12,14H2,1H3,(H,30,31). The number of benzene rings is 3. The maximum Gasteiger partial charge on any atom is 0.307 e. The number of nitrogens with zero attached hydrogens (tertiary/aromatic N) is 1. The highest BCUT2D eigenvalue weighted by Gasteiger charge is 2.19. The van der Waals surface area contributed by atoms with E-state index in [4.69, 9.17) is 10.1 Å². The van der Waals surface area contributed by atoms with Crippen LogP contribution in [0, 0.1) is 5.82 Å². The molecule has 0 aliphatic heterocycles. The Balaban J connectivity index is 1.85. The number of carboxylic acids is 1. The second kappa shape index (κ2) is 9.03. The molecule has 7 heteroatoms. The lowest BCUT2D eigenvalue weighted by Crippen LogP contribution is -2.05. The van der Waals surface area contributed by atoms with Crippen LogP contribution in [-0.4, -0.2) is 33.9 Å². The molecule has 0 aliphatic rings. The number of carbonyl (C=O) groups is 1. The molecule has 0 radical (unpaired) electrons. The smallest absolute Gasteiger partial charge is 0.307 e. The van der Waals surface area contributed by atoms with Crippen LogP contribution < -0.4 is 5.32 Å². The number of carboxylic acid groups (broad SMARTS) is 1. The number of rotatable bonds is 7. The van der Waals surface area contributed by atoms with Gasteiger partial charge in [-0.3, -0.25) is 4.79 Å². The third-order valence-electron chi connectivity index (χ3n) is 5.12. The highest BCUT2D eigenvalue weighted by atomic mass is 19.1. The molecule has 1 heterocycles. The molecule has 4 rings (SSSR count). The first-order valence-corrected chi connectivity index (χ1v) is 10.1. The molecule has 4 aromatic rings. The van der Waals surface area contributed by atoms with Gasteiger partial charge in [0.05, 0.1) is 28.9 Å². The highest BCUT2D eigenvalue weighted by Crippen LogP contribution is 2.32. The largest absolute Gasteiger partial charge is 0.494 e. The van der Waals surface area contributed by atoms with E-state index in [-0.39, 0.29) is 12.3 Å². The van der Waals surface area contributed by atoms with Gasteiger partial charge in [0.25, 0.3) is 0 Å². The van der Waals surface area contributed by atoms with Gasteiger partial charge in [0.2, 0.25) is 0 Å². The predicted molar refractivity (Wildman–Crippen MR) is 122 cm³/mol. The van der Waals surface area contributed by atoms with Crippen molar-refractivity contribution in [1.82, 2.24) is 10.3 Å². The minimum Gasteiger partial charge on any atom is -0.494 e. The number of halogens is 1. The van der Waals surface area contributed by atoms with Gasteiger partial charge >= 0.3 is 5.97 Å². The molecule has 0 bridgehead atoms. The quantitative estimate of drug-likeness (QED) is 0.323. The molecule has 0 unspecified atom stereocenters. The summed E-state index contributed by atoms with van der Waals surface area (Å²) >= 11 is 0. The van der Waals surface area contributed by atoms with Crippen molar-refractivity contribution in [1.29, 1.82) is 0 Å². The Morgan fingerprint density at radius 1 is 1.03 bits per heavy atom. The van der Waals surface area contributed by atoms with Crippen LogP contribution in [0.1, 0.15) is 22.3 Å². The maximum atomic E-state index is 13.7. The first-order valence-electron chi connectivity index (χ1n) is 10.1. The number of H-pyrrole nitrogens is 1. The molecular weight excluding hydrogens is 409 g/mol. The summed E-state index contributed by atoms with van der Waals surface area (Å²) < 4.78 is 13.7. The first-order chi connectivity index (χ1) is 15.4. The fraction of sp³-hybridized carbons (Fsp3) is 0.120. The number of aromatic nitrogens is 1. The van der Waals surface area contributed by atoms with Gasteiger partial charge in [-0.05, 0) is 48.5 Å². The van der Waals surface area contributed by atoms with E-state index in [0.717, 1.165) is 12.1 Å². The second-order valence-corrected chi connectivity index (χ2v) is 7.46. The van der Waals surface area contributed by atoms with Crippen LogP contribution in [0.25, 0.3) is 10.9 Å². The first kappa shape index (κ1) is 21.3. The Bertz CT molecular complexity index is 1290. The molecule has 0 fully saturated rings. The summed E-state index contributed by atoms with van der Waals surface area (Å²) in [6.45, 7) is 0.733. The number of aliphatic carboxylic acids is 1. The van der Waals surface area contributed by atoms with Crippen LogP contribution in [0.15, 0.2) is 71.7 Å². The fourth-order valence-corrected chi connectivity index (χ4v) is 3.64. The average Bonchev–Trinajstić information content (AvgIpc) is 3.08. The van der Waals surface area contributed by atoms with E-state index in [1.54, 1.807) is 30.3 Å². The maximum absolute atomic E-state index is 13.7. The lowest BCUT2D eigenvalue weighted by Gasteiger charge is -2.09. The van der Waals surface area contributed by atoms with Gasteiger partial charge in [-0.1, -0.05) is 36.4 Å². The summed E-state index contributed by atoms with van der Waals surface area (Å²) in [4.78, 5) is 18.6. The number of aliphatic imine (C=N–C) groups is 1. The average molecular weight is 431 g/mol. The van der Waals surface area contributed by atoms with E-state index in [1.807, 2.05) is 31.3 Å². The molecule has 0 atom stereocenters. The Morgan fingerprint density at radius 3 is 2.38 bits per heavy atom. The topological polar surface area (TPSA) is 97.7 Å². The molecule has 0 spiro atoms. The zero-order valence-corrected chi connectivity index (χ0v) is 17.4. The van der Waals surface area contributed by atoms with E-state index in [1.165, 1.54) is 12.1 Å². The van der Waals surface area contributed by atoms with Crippen molar-refractivity contribution in [3.8, 4) is 5.88 Å². The molecule has 32 heavy (non-hydrogen) atoms. The molecule has 3 aromatic carbocycles. The van der Waals surface area contributed by atoms with Gasteiger partial charge in [0, 0.05) is 17.5 Å². The summed E-state index contributed by atoms with van der Waals surface area (Å²) in [5, 5.41) is 23.4. The van der Waals surface area contributed by atoms with E-state index < -0.39 is 11.8 Å². The Hall–Kier alpha value is -3.97.